The molecule has 0 aliphatic carbocycles. The number of alkyl halides is 3. The Kier molecular flexibility index (Phi) is 6.03. The third-order valence-electron chi connectivity index (χ3n) is 3.71. The molecule has 0 spiro atoms. The zero-order valence-corrected chi connectivity index (χ0v) is 15.6. The van der Waals surface area contributed by atoms with Crippen molar-refractivity contribution >= 4 is 40.5 Å². The number of thioether (sulfide) groups is 1. The molecule has 0 amide bonds. The molecular weight excluding hydrogens is 391 g/mol. The minimum Gasteiger partial charge on any atom is -0.461 e. The normalized spacial score (nSPS) is 14.1. The van der Waals surface area contributed by atoms with Crippen molar-refractivity contribution in [2.45, 2.75) is 18.0 Å². The highest BCUT2D eigenvalue weighted by atomic mass is 32.2. The summed E-state index contributed by atoms with van der Waals surface area (Å²) in [5, 5.41) is 4.01. The van der Waals surface area contributed by atoms with Crippen LogP contribution in [-0.4, -0.2) is 29.8 Å². The van der Waals surface area contributed by atoms with Gasteiger partial charge in [-0.15, -0.1) is 11.8 Å². The molecule has 2 aromatic carbocycles. The van der Waals surface area contributed by atoms with Gasteiger partial charge in [-0.05, 0) is 37.3 Å². The zero-order valence-electron chi connectivity index (χ0n) is 14.8. The molecule has 28 heavy (non-hydrogen) atoms. The summed E-state index contributed by atoms with van der Waals surface area (Å²) in [6, 6.07) is 12.0. The molecule has 0 atom stereocenters. The van der Waals surface area contributed by atoms with Gasteiger partial charge in [-0.1, -0.05) is 18.2 Å². The van der Waals surface area contributed by atoms with Crippen molar-refractivity contribution in [2.24, 2.45) is 10.1 Å². The molecule has 0 saturated carbocycles. The van der Waals surface area contributed by atoms with Crippen molar-refractivity contribution in [3.05, 3.63) is 54.1 Å². The first-order valence-corrected chi connectivity index (χ1v) is 9.35. The van der Waals surface area contributed by atoms with Gasteiger partial charge in [-0.2, -0.15) is 18.3 Å². The first kappa shape index (κ1) is 19.9. The molecule has 9 heteroatoms. The number of fused-ring (bicyclic) bond motifs is 1. The third-order valence-corrected chi connectivity index (χ3v) is 4.79. The quantitative estimate of drug-likeness (QED) is 0.434. The Morgan fingerprint density at radius 2 is 2.04 bits per heavy atom. The van der Waals surface area contributed by atoms with Crippen molar-refractivity contribution in [2.75, 3.05) is 17.8 Å². The molecule has 0 bridgehead atoms. The lowest BCUT2D eigenvalue weighted by molar-refractivity contribution is -0.137. The average molecular weight is 407 g/mol. The lowest BCUT2D eigenvalue weighted by Gasteiger charge is -2.16. The van der Waals surface area contributed by atoms with E-state index in [-0.39, 0.29) is 18.0 Å². The molecule has 0 fully saturated rings. The summed E-state index contributed by atoms with van der Waals surface area (Å²) in [5.74, 6) is -0.306. The molecule has 146 valence electrons. The van der Waals surface area contributed by atoms with Crippen molar-refractivity contribution in [1.82, 2.24) is 0 Å². The van der Waals surface area contributed by atoms with E-state index in [9.17, 15) is 18.0 Å². The predicted octanol–water partition coefficient (Wildman–Crippen LogP) is 4.91. The van der Waals surface area contributed by atoms with E-state index in [4.69, 9.17) is 4.74 Å². The summed E-state index contributed by atoms with van der Waals surface area (Å²) in [6.45, 7) is 1.79. The van der Waals surface area contributed by atoms with Crippen LogP contribution in [0.3, 0.4) is 0 Å². The van der Waals surface area contributed by atoms with Crippen LogP contribution in [0.4, 0.5) is 24.5 Å². The van der Waals surface area contributed by atoms with E-state index in [2.05, 4.69) is 15.5 Å². The van der Waals surface area contributed by atoms with Crippen LogP contribution >= 0.6 is 11.8 Å². The third kappa shape index (κ3) is 4.72. The maximum Gasteiger partial charge on any atom is 0.416 e. The molecule has 0 radical (unpaired) electrons. The van der Waals surface area contributed by atoms with E-state index in [0.717, 1.165) is 17.0 Å². The van der Waals surface area contributed by atoms with Gasteiger partial charge in [0.15, 0.2) is 5.71 Å². The number of hydrogen-bond acceptors (Lipinski definition) is 6. The van der Waals surface area contributed by atoms with Crippen molar-refractivity contribution < 1.29 is 22.7 Å². The van der Waals surface area contributed by atoms with Gasteiger partial charge in [0.25, 0.3) is 0 Å². The molecule has 1 N–H and O–H groups in total. The van der Waals surface area contributed by atoms with E-state index in [0.29, 0.717) is 17.2 Å². The van der Waals surface area contributed by atoms with Crippen LogP contribution in [0.25, 0.3) is 0 Å². The number of ether oxygens (including phenoxy) is 1. The fourth-order valence-corrected chi connectivity index (χ4v) is 3.36. The molecule has 5 nitrogen and oxygen atoms in total. The first-order valence-electron chi connectivity index (χ1n) is 8.36. The fraction of sp³-hybridized carbons (Fsp3) is 0.211. The summed E-state index contributed by atoms with van der Waals surface area (Å²) >= 11 is 1.49. The summed E-state index contributed by atoms with van der Waals surface area (Å²) in [7, 11) is 0. The number of hydrogen-bond donors (Lipinski definition) is 1. The van der Waals surface area contributed by atoms with E-state index < -0.39 is 17.7 Å². The van der Waals surface area contributed by atoms with Crippen LogP contribution in [0.2, 0.25) is 0 Å². The molecule has 0 unspecified atom stereocenters. The number of carbonyl (C=O) groups is 1. The number of para-hydroxylation sites is 1. The highest BCUT2D eigenvalue weighted by Gasteiger charge is 2.30. The number of nitrogens with zero attached hydrogens (tertiary/aromatic N) is 2. The lowest BCUT2D eigenvalue weighted by Crippen LogP contribution is -2.30. The molecule has 1 aliphatic heterocycles. The van der Waals surface area contributed by atoms with Gasteiger partial charge in [0.1, 0.15) is 0 Å². The van der Waals surface area contributed by atoms with Crippen LogP contribution in [0.15, 0.2) is 63.5 Å². The van der Waals surface area contributed by atoms with Gasteiger partial charge >= 0.3 is 12.1 Å². The van der Waals surface area contributed by atoms with Gasteiger partial charge in [0.2, 0.25) is 0 Å². The second-order valence-corrected chi connectivity index (χ2v) is 6.70. The number of esters is 1. The van der Waals surface area contributed by atoms with Gasteiger partial charge in [0, 0.05) is 10.6 Å². The molecule has 3 rings (SSSR count). The molecule has 0 saturated heterocycles. The number of nitrogens with one attached hydrogen (secondary N) is 1. The van der Waals surface area contributed by atoms with Crippen LogP contribution in [0, 0.1) is 0 Å². The Morgan fingerprint density at radius 1 is 1.25 bits per heavy atom. The minimum atomic E-state index is -4.47. The molecule has 2 aromatic rings. The summed E-state index contributed by atoms with van der Waals surface area (Å²) in [4.78, 5) is 17.8. The number of hydrazone groups is 1. The maximum absolute atomic E-state index is 12.9. The molecule has 1 aliphatic rings. The van der Waals surface area contributed by atoms with E-state index >= 15 is 0 Å². The van der Waals surface area contributed by atoms with Gasteiger partial charge < -0.3 is 4.74 Å². The molecule has 1 heterocycles. The van der Waals surface area contributed by atoms with Gasteiger partial charge in [0.05, 0.1) is 29.3 Å². The van der Waals surface area contributed by atoms with E-state index in [1.807, 2.05) is 24.3 Å². The molecular formula is C19H16F3N3O2S. The lowest BCUT2D eigenvalue weighted by atomic mass is 10.2. The van der Waals surface area contributed by atoms with Crippen LogP contribution in [0.5, 0.6) is 0 Å². The van der Waals surface area contributed by atoms with Crippen molar-refractivity contribution in [3.8, 4) is 0 Å². The monoisotopic (exact) mass is 407 g/mol. The highest BCUT2D eigenvalue weighted by molar-refractivity contribution is 8.00. The summed E-state index contributed by atoms with van der Waals surface area (Å²) in [5.41, 5.74) is 2.82. The standard InChI is InChI=1S/C19H16F3N3O2S/c1-2-27-18(26)17(15-11-28-16-9-4-3-8-14(16)23-15)25-24-13-7-5-6-12(10-13)19(20,21)22/h3-10,24H,2,11H2,1H3/b25-17+. The first-order chi connectivity index (χ1) is 13.4. The minimum absolute atomic E-state index is 0.0683. The van der Waals surface area contributed by atoms with Crippen LogP contribution in [0.1, 0.15) is 12.5 Å². The fourth-order valence-electron chi connectivity index (χ4n) is 2.43. The Labute approximate surface area is 163 Å². The van der Waals surface area contributed by atoms with E-state index in [1.54, 1.807) is 6.92 Å². The summed E-state index contributed by atoms with van der Waals surface area (Å²) in [6.07, 6.45) is -4.47. The highest BCUT2D eigenvalue weighted by Crippen LogP contribution is 2.34. The number of aliphatic imine (C=N–C) groups is 1. The number of benzene rings is 2. The van der Waals surface area contributed by atoms with Gasteiger partial charge in [-0.25, -0.2) is 9.79 Å². The second kappa shape index (κ2) is 8.47. The van der Waals surface area contributed by atoms with Crippen LogP contribution in [-0.2, 0) is 15.7 Å². The van der Waals surface area contributed by atoms with Gasteiger partial charge in [-0.3, -0.25) is 5.43 Å². The summed E-state index contributed by atoms with van der Waals surface area (Å²) < 4.78 is 43.6. The Hall–Kier alpha value is -2.81. The number of rotatable bonds is 5. The Balaban J connectivity index is 1.91. The zero-order chi connectivity index (χ0) is 20.1. The number of anilines is 1. The second-order valence-electron chi connectivity index (χ2n) is 5.69. The largest absolute Gasteiger partial charge is 0.461 e. The smallest absolute Gasteiger partial charge is 0.416 e. The Bertz CT molecular complexity index is 942. The topological polar surface area (TPSA) is 63.0 Å². The number of halogens is 3. The van der Waals surface area contributed by atoms with E-state index in [1.165, 1.54) is 23.9 Å². The average Bonchev–Trinajstić information content (AvgIpc) is 2.68. The molecule has 0 aromatic heterocycles. The van der Waals surface area contributed by atoms with Crippen LogP contribution < -0.4 is 5.43 Å². The SMILES string of the molecule is CCOC(=O)/C(=N/Nc1cccc(C(F)(F)F)c1)C1=Nc2ccccc2SC1. The Morgan fingerprint density at radius 3 is 2.79 bits per heavy atom. The van der Waals surface area contributed by atoms with Crippen molar-refractivity contribution in [1.29, 1.82) is 0 Å². The maximum atomic E-state index is 12.9. The van der Waals surface area contributed by atoms with Crippen molar-refractivity contribution in [3.63, 3.8) is 0 Å². The predicted molar refractivity (Wildman–Crippen MR) is 103 cm³/mol. The number of carbonyl (C=O) groups excluding carboxylic acids is 1.